The maximum Gasteiger partial charge on any atom is 0.418 e. The van der Waals surface area contributed by atoms with Gasteiger partial charge in [-0.05, 0) is 31.5 Å². The number of halogens is 3. The van der Waals surface area contributed by atoms with Gasteiger partial charge >= 0.3 is 6.18 Å². The quantitative estimate of drug-likeness (QED) is 0.723. The topological polar surface area (TPSA) is 64.0 Å². The van der Waals surface area contributed by atoms with E-state index in [1.165, 1.54) is 25.1 Å². The van der Waals surface area contributed by atoms with E-state index in [0.717, 1.165) is 27.9 Å². The fraction of sp³-hybridized carbons (Fsp3) is 0.190. The van der Waals surface area contributed by atoms with Gasteiger partial charge in [-0.15, -0.1) is 0 Å². The first kappa shape index (κ1) is 20.3. The first-order chi connectivity index (χ1) is 13.7. The second-order valence-corrected chi connectivity index (χ2v) is 6.59. The number of carbonyl (C=O) groups is 1. The van der Waals surface area contributed by atoms with Crippen LogP contribution in [0, 0.1) is 13.8 Å². The minimum atomic E-state index is -4.61. The number of aromatic nitrogens is 2. The molecule has 0 radical (unpaired) electrons. The van der Waals surface area contributed by atoms with Crippen molar-refractivity contribution < 1.29 is 18.0 Å². The summed E-state index contributed by atoms with van der Waals surface area (Å²) in [5, 5.41) is 6.52. The van der Waals surface area contributed by atoms with E-state index in [1.807, 2.05) is 31.2 Å². The molecule has 8 heteroatoms. The number of nitrogens with one attached hydrogen (secondary N) is 1. The molecule has 0 bridgehead atoms. The third kappa shape index (κ3) is 4.53. The van der Waals surface area contributed by atoms with Crippen LogP contribution in [-0.2, 0) is 12.7 Å². The third-order valence-corrected chi connectivity index (χ3v) is 4.33. The third-order valence-electron chi connectivity index (χ3n) is 4.33. The lowest BCUT2D eigenvalue weighted by Crippen LogP contribution is -2.32. The van der Waals surface area contributed by atoms with Crippen molar-refractivity contribution in [2.45, 2.75) is 26.6 Å². The number of rotatable bonds is 4. The molecule has 0 fully saturated rings. The van der Waals surface area contributed by atoms with Crippen LogP contribution in [0.15, 0.2) is 59.4 Å². The van der Waals surface area contributed by atoms with Gasteiger partial charge < -0.3 is 5.32 Å². The summed E-state index contributed by atoms with van der Waals surface area (Å²) < 4.78 is 41.0. The SMILES string of the molecule is Cc1ccc(CNC(=O)c2nn(-c3ccccc3C(F)(F)F)c(C)cc2=O)cc1. The van der Waals surface area contributed by atoms with E-state index in [1.54, 1.807) is 0 Å². The number of alkyl halides is 3. The monoisotopic (exact) mass is 401 g/mol. The molecule has 1 N–H and O–H groups in total. The van der Waals surface area contributed by atoms with Crippen molar-refractivity contribution in [2.24, 2.45) is 0 Å². The number of hydrogen-bond acceptors (Lipinski definition) is 3. The maximum absolute atomic E-state index is 13.4. The molecule has 150 valence electrons. The van der Waals surface area contributed by atoms with E-state index in [9.17, 15) is 22.8 Å². The first-order valence-corrected chi connectivity index (χ1v) is 8.78. The molecular weight excluding hydrogens is 383 g/mol. The van der Waals surface area contributed by atoms with Gasteiger partial charge in [0.15, 0.2) is 5.69 Å². The van der Waals surface area contributed by atoms with Crippen molar-refractivity contribution in [1.29, 1.82) is 0 Å². The van der Waals surface area contributed by atoms with Crippen molar-refractivity contribution >= 4 is 5.91 Å². The number of aryl methyl sites for hydroxylation is 2. The van der Waals surface area contributed by atoms with Gasteiger partial charge in [-0.2, -0.15) is 18.3 Å². The summed E-state index contributed by atoms with van der Waals surface area (Å²) in [6, 6.07) is 13.4. The van der Waals surface area contributed by atoms with Crippen LogP contribution in [0.3, 0.4) is 0 Å². The van der Waals surface area contributed by atoms with Crippen molar-refractivity contribution in [3.8, 4) is 5.69 Å². The predicted molar refractivity (Wildman–Crippen MR) is 102 cm³/mol. The summed E-state index contributed by atoms with van der Waals surface area (Å²) in [5.41, 5.74) is -0.244. The Bertz CT molecular complexity index is 1100. The Labute approximate surface area is 164 Å². The standard InChI is InChI=1S/C21H18F3N3O2/c1-13-7-9-15(10-8-13)12-25-20(29)19-18(28)11-14(2)27(26-19)17-6-4-3-5-16(17)21(22,23)24/h3-11H,12H2,1-2H3,(H,25,29). The molecule has 0 unspecified atom stereocenters. The zero-order valence-corrected chi connectivity index (χ0v) is 15.7. The highest BCUT2D eigenvalue weighted by molar-refractivity contribution is 5.92. The Balaban J connectivity index is 1.95. The van der Waals surface area contributed by atoms with E-state index in [4.69, 9.17) is 0 Å². The van der Waals surface area contributed by atoms with Crippen LogP contribution in [-0.4, -0.2) is 15.7 Å². The second-order valence-electron chi connectivity index (χ2n) is 6.59. The molecule has 3 rings (SSSR count). The van der Waals surface area contributed by atoms with Gasteiger partial charge in [-0.3, -0.25) is 9.59 Å². The molecule has 0 atom stereocenters. The van der Waals surface area contributed by atoms with E-state index >= 15 is 0 Å². The molecular formula is C21H18F3N3O2. The van der Waals surface area contributed by atoms with E-state index < -0.39 is 28.8 Å². The minimum Gasteiger partial charge on any atom is -0.346 e. The largest absolute Gasteiger partial charge is 0.418 e. The number of benzene rings is 2. The fourth-order valence-corrected chi connectivity index (χ4v) is 2.82. The van der Waals surface area contributed by atoms with Gasteiger partial charge in [0.2, 0.25) is 5.43 Å². The minimum absolute atomic E-state index is 0.160. The Morgan fingerprint density at radius 3 is 2.38 bits per heavy atom. The summed E-state index contributed by atoms with van der Waals surface area (Å²) in [6.07, 6.45) is -4.61. The summed E-state index contributed by atoms with van der Waals surface area (Å²) in [4.78, 5) is 24.7. The molecule has 29 heavy (non-hydrogen) atoms. The maximum atomic E-state index is 13.4. The van der Waals surface area contributed by atoms with Gasteiger partial charge in [0.25, 0.3) is 5.91 Å². The van der Waals surface area contributed by atoms with E-state index in [2.05, 4.69) is 10.4 Å². The molecule has 3 aromatic rings. The van der Waals surface area contributed by atoms with E-state index in [-0.39, 0.29) is 17.9 Å². The summed E-state index contributed by atoms with van der Waals surface area (Å²) >= 11 is 0. The number of nitrogens with zero attached hydrogens (tertiary/aromatic N) is 2. The highest BCUT2D eigenvalue weighted by Crippen LogP contribution is 2.33. The molecule has 1 aromatic heterocycles. The molecule has 1 heterocycles. The lowest BCUT2D eigenvalue weighted by molar-refractivity contribution is -0.137. The highest BCUT2D eigenvalue weighted by atomic mass is 19.4. The molecule has 5 nitrogen and oxygen atoms in total. The Kier molecular flexibility index (Phi) is 5.54. The lowest BCUT2D eigenvalue weighted by atomic mass is 10.1. The van der Waals surface area contributed by atoms with Crippen LogP contribution in [0.5, 0.6) is 0 Å². The molecule has 2 aromatic carbocycles. The molecule has 0 aliphatic carbocycles. The average Bonchev–Trinajstić information content (AvgIpc) is 2.67. The number of carbonyl (C=O) groups excluding carboxylic acids is 1. The van der Waals surface area contributed by atoms with Crippen LogP contribution in [0.2, 0.25) is 0 Å². The fourth-order valence-electron chi connectivity index (χ4n) is 2.82. The van der Waals surface area contributed by atoms with Gasteiger partial charge in [0, 0.05) is 18.3 Å². The van der Waals surface area contributed by atoms with Crippen molar-refractivity contribution in [1.82, 2.24) is 15.1 Å². The summed E-state index contributed by atoms with van der Waals surface area (Å²) in [5.74, 6) is -0.756. The summed E-state index contributed by atoms with van der Waals surface area (Å²) in [6.45, 7) is 3.54. The Hall–Kier alpha value is -3.42. The van der Waals surface area contributed by atoms with Gasteiger partial charge in [0.05, 0.1) is 11.3 Å². The zero-order valence-electron chi connectivity index (χ0n) is 15.7. The van der Waals surface area contributed by atoms with Crippen molar-refractivity contribution in [3.63, 3.8) is 0 Å². The molecule has 0 saturated heterocycles. The first-order valence-electron chi connectivity index (χ1n) is 8.78. The van der Waals surface area contributed by atoms with Crippen molar-refractivity contribution in [2.75, 3.05) is 0 Å². The second kappa shape index (κ2) is 7.90. The predicted octanol–water partition coefficient (Wildman–Crippen LogP) is 3.80. The van der Waals surface area contributed by atoms with Crippen LogP contribution in [0.25, 0.3) is 5.69 Å². The number of hydrogen-bond donors (Lipinski definition) is 1. The molecule has 0 aliphatic heterocycles. The average molecular weight is 401 g/mol. The zero-order chi connectivity index (χ0) is 21.2. The van der Waals surface area contributed by atoms with Crippen LogP contribution in [0.1, 0.15) is 32.9 Å². The molecule has 0 aliphatic rings. The highest BCUT2D eigenvalue weighted by Gasteiger charge is 2.34. The molecule has 0 spiro atoms. The van der Waals surface area contributed by atoms with Gasteiger partial charge in [-0.25, -0.2) is 4.68 Å². The lowest BCUT2D eigenvalue weighted by Gasteiger charge is -2.16. The molecule has 1 amide bonds. The van der Waals surface area contributed by atoms with Crippen molar-refractivity contribution in [3.05, 3.63) is 92.9 Å². The Morgan fingerprint density at radius 2 is 1.72 bits per heavy atom. The number of amides is 1. The van der Waals surface area contributed by atoms with Crippen LogP contribution < -0.4 is 10.7 Å². The number of para-hydroxylation sites is 1. The normalized spacial score (nSPS) is 11.3. The Morgan fingerprint density at radius 1 is 1.07 bits per heavy atom. The smallest absolute Gasteiger partial charge is 0.346 e. The van der Waals surface area contributed by atoms with Crippen LogP contribution >= 0.6 is 0 Å². The van der Waals surface area contributed by atoms with Gasteiger partial charge in [-0.1, -0.05) is 42.0 Å². The molecule has 0 saturated carbocycles. The van der Waals surface area contributed by atoms with Crippen LogP contribution in [0.4, 0.5) is 13.2 Å². The van der Waals surface area contributed by atoms with E-state index in [0.29, 0.717) is 0 Å². The summed E-state index contributed by atoms with van der Waals surface area (Å²) in [7, 11) is 0. The van der Waals surface area contributed by atoms with Gasteiger partial charge in [0.1, 0.15) is 0 Å².